The quantitative estimate of drug-likeness (QED) is 0.733. The van der Waals surface area contributed by atoms with Crippen LogP contribution < -0.4 is 4.90 Å². The summed E-state index contributed by atoms with van der Waals surface area (Å²) in [7, 11) is 0. The van der Waals surface area contributed by atoms with E-state index in [-0.39, 0.29) is 17.9 Å². The van der Waals surface area contributed by atoms with Crippen molar-refractivity contribution in [1.82, 2.24) is 0 Å². The van der Waals surface area contributed by atoms with Crippen molar-refractivity contribution < 1.29 is 9.59 Å². The fourth-order valence-corrected chi connectivity index (χ4v) is 2.54. The van der Waals surface area contributed by atoms with Gasteiger partial charge in [-0.1, -0.05) is 25.1 Å². The van der Waals surface area contributed by atoms with Gasteiger partial charge >= 0.3 is 0 Å². The Hall–Kier alpha value is -1.64. The monoisotopic (exact) mass is 231 g/mol. The number of carbonyl (C=O) groups excluding carboxylic acids is 2. The molecule has 3 nitrogen and oxygen atoms in total. The molecular formula is C14H17NO2. The highest BCUT2D eigenvalue weighted by Gasteiger charge is 2.32. The summed E-state index contributed by atoms with van der Waals surface area (Å²) in [6.07, 6.45) is 2.19. The molecule has 17 heavy (non-hydrogen) atoms. The second-order valence-corrected chi connectivity index (χ2v) is 4.50. The lowest BCUT2D eigenvalue weighted by atomic mass is 9.87. The van der Waals surface area contributed by atoms with Crippen LogP contribution in [0.3, 0.4) is 0 Å². The molecule has 90 valence electrons. The third-order valence-electron chi connectivity index (χ3n) is 3.37. The van der Waals surface area contributed by atoms with Gasteiger partial charge in [-0.25, -0.2) is 0 Å². The summed E-state index contributed by atoms with van der Waals surface area (Å²) in [4.78, 5) is 24.9. The molecule has 1 heterocycles. The molecule has 1 aliphatic heterocycles. The van der Waals surface area contributed by atoms with Crippen molar-refractivity contribution in [3.05, 3.63) is 29.8 Å². The molecule has 0 aliphatic carbocycles. The number of anilines is 1. The number of benzene rings is 1. The van der Waals surface area contributed by atoms with Crippen molar-refractivity contribution in [1.29, 1.82) is 0 Å². The molecule has 2 rings (SSSR count). The maximum absolute atomic E-state index is 12.0. The van der Waals surface area contributed by atoms with Crippen LogP contribution in [0, 0.1) is 0 Å². The molecule has 1 aromatic carbocycles. The summed E-state index contributed by atoms with van der Waals surface area (Å²) in [5.41, 5.74) is 1.87. The average Bonchev–Trinajstić information content (AvgIpc) is 2.37. The highest BCUT2D eigenvalue weighted by atomic mass is 16.2. The predicted octanol–water partition coefficient (Wildman–Crippen LogP) is 2.50. The first-order valence-corrected chi connectivity index (χ1v) is 6.05. The average molecular weight is 231 g/mol. The Labute approximate surface area is 101 Å². The number of para-hydroxylation sites is 1. The van der Waals surface area contributed by atoms with Crippen molar-refractivity contribution in [3.8, 4) is 0 Å². The van der Waals surface area contributed by atoms with Gasteiger partial charge in [0.15, 0.2) is 0 Å². The van der Waals surface area contributed by atoms with Crippen molar-refractivity contribution in [2.24, 2.45) is 0 Å². The van der Waals surface area contributed by atoms with Crippen LogP contribution in [0.1, 0.15) is 38.2 Å². The Balaban J connectivity index is 2.49. The fourth-order valence-electron chi connectivity index (χ4n) is 2.54. The number of nitrogens with zero attached hydrogens (tertiary/aromatic N) is 1. The Kier molecular flexibility index (Phi) is 3.27. The minimum Gasteiger partial charge on any atom is -0.309 e. The number of hydrogen-bond acceptors (Lipinski definition) is 2. The van der Waals surface area contributed by atoms with Crippen LogP contribution in [0.25, 0.3) is 0 Å². The Bertz CT molecular complexity index is 442. The SMILES string of the molecule is CCC(=O)N1c2ccccc2[C@@H](C=O)C[C@H]1C. The lowest BCUT2D eigenvalue weighted by Crippen LogP contribution is -2.43. The number of amides is 1. The highest BCUT2D eigenvalue weighted by molar-refractivity contribution is 5.96. The lowest BCUT2D eigenvalue weighted by Gasteiger charge is -2.37. The van der Waals surface area contributed by atoms with Gasteiger partial charge in [0.25, 0.3) is 0 Å². The molecule has 1 aromatic rings. The first-order chi connectivity index (χ1) is 8.19. The third kappa shape index (κ3) is 1.97. The standard InChI is InChI=1S/C14H17NO2/c1-3-14(17)15-10(2)8-11(9-16)12-6-4-5-7-13(12)15/h4-7,9-11H,3,8H2,1-2H3/t10-,11-/m1/s1. The van der Waals surface area contributed by atoms with Gasteiger partial charge in [-0.15, -0.1) is 0 Å². The number of hydrogen-bond donors (Lipinski definition) is 0. The maximum atomic E-state index is 12.0. The highest BCUT2D eigenvalue weighted by Crippen LogP contribution is 2.37. The molecule has 3 heteroatoms. The van der Waals surface area contributed by atoms with Gasteiger partial charge in [0.1, 0.15) is 6.29 Å². The van der Waals surface area contributed by atoms with E-state index < -0.39 is 0 Å². The van der Waals surface area contributed by atoms with Crippen LogP contribution in [-0.4, -0.2) is 18.2 Å². The van der Waals surface area contributed by atoms with Crippen LogP contribution in [0.2, 0.25) is 0 Å². The summed E-state index contributed by atoms with van der Waals surface area (Å²) in [5.74, 6) is 0.0383. The van der Waals surface area contributed by atoms with E-state index in [0.29, 0.717) is 12.8 Å². The molecule has 0 saturated carbocycles. The molecule has 1 aliphatic rings. The summed E-state index contributed by atoms with van der Waals surface area (Å²) in [6, 6.07) is 7.78. The van der Waals surface area contributed by atoms with Crippen LogP contribution in [0.15, 0.2) is 24.3 Å². The third-order valence-corrected chi connectivity index (χ3v) is 3.37. The first-order valence-electron chi connectivity index (χ1n) is 6.05. The molecule has 0 fully saturated rings. The van der Waals surface area contributed by atoms with E-state index >= 15 is 0 Å². The van der Waals surface area contributed by atoms with E-state index in [1.54, 1.807) is 0 Å². The lowest BCUT2D eigenvalue weighted by molar-refractivity contribution is -0.119. The van der Waals surface area contributed by atoms with Crippen LogP contribution in [0.5, 0.6) is 0 Å². The number of carbonyl (C=O) groups is 2. The molecule has 2 atom stereocenters. The van der Waals surface area contributed by atoms with Gasteiger partial charge in [0.05, 0.1) is 0 Å². The van der Waals surface area contributed by atoms with Crippen LogP contribution in [0.4, 0.5) is 5.69 Å². The molecule has 0 radical (unpaired) electrons. The van der Waals surface area contributed by atoms with E-state index in [4.69, 9.17) is 0 Å². The maximum Gasteiger partial charge on any atom is 0.226 e. The van der Waals surface area contributed by atoms with Gasteiger partial charge in [0.2, 0.25) is 5.91 Å². The van der Waals surface area contributed by atoms with Gasteiger partial charge in [-0.05, 0) is 25.0 Å². The molecule has 0 spiro atoms. The van der Waals surface area contributed by atoms with Crippen molar-refractivity contribution in [3.63, 3.8) is 0 Å². The summed E-state index contributed by atoms with van der Waals surface area (Å²) < 4.78 is 0. The van der Waals surface area contributed by atoms with Gasteiger partial charge in [-0.2, -0.15) is 0 Å². The van der Waals surface area contributed by atoms with Gasteiger partial charge < -0.3 is 9.69 Å². The molecule has 0 bridgehead atoms. The molecule has 0 saturated heterocycles. The Morgan fingerprint density at radius 3 is 2.82 bits per heavy atom. The van der Waals surface area contributed by atoms with Gasteiger partial charge in [0, 0.05) is 24.1 Å². The molecule has 0 unspecified atom stereocenters. The Morgan fingerprint density at radius 2 is 2.18 bits per heavy atom. The zero-order valence-electron chi connectivity index (χ0n) is 10.2. The molecule has 1 amide bonds. The fraction of sp³-hybridized carbons (Fsp3) is 0.429. The summed E-state index contributed by atoms with van der Waals surface area (Å²) in [5, 5.41) is 0. The topological polar surface area (TPSA) is 37.4 Å². The van der Waals surface area contributed by atoms with E-state index in [2.05, 4.69) is 0 Å². The van der Waals surface area contributed by atoms with E-state index in [1.165, 1.54) is 0 Å². The Morgan fingerprint density at radius 1 is 1.47 bits per heavy atom. The second kappa shape index (κ2) is 4.70. The van der Waals surface area contributed by atoms with E-state index in [0.717, 1.165) is 17.5 Å². The second-order valence-electron chi connectivity index (χ2n) is 4.50. The zero-order chi connectivity index (χ0) is 12.4. The number of fused-ring (bicyclic) bond motifs is 1. The van der Waals surface area contributed by atoms with Crippen LogP contribution >= 0.6 is 0 Å². The normalized spacial score (nSPS) is 23.1. The molecule has 0 N–H and O–H groups in total. The minimum atomic E-state index is -0.0814. The van der Waals surface area contributed by atoms with Crippen LogP contribution in [-0.2, 0) is 9.59 Å². The molecular weight excluding hydrogens is 214 g/mol. The predicted molar refractivity (Wildman–Crippen MR) is 67.1 cm³/mol. The number of rotatable bonds is 2. The van der Waals surface area contributed by atoms with E-state index in [9.17, 15) is 9.59 Å². The van der Waals surface area contributed by atoms with Crippen molar-refractivity contribution in [2.75, 3.05) is 4.90 Å². The van der Waals surface area contributed by atoms with Crippen molar-refractivity contribution in [2.45, 2.75) is 38.6 Å². The van der Waals surface area contributed by atoms with E-state index in [1.807, 2.05) is 43.0 Å². The largest absolute Gasteiger partial charge is 0.309 e. The number of aldehydes is 1. The van der Waals surface area contributed by atoms with Crippen molar-refractivity contribution >= 4 is 17.9 Å². The zero-order valence-corrected chi connectivity index (χ0v) is 10.2. The first kappa shape index (κ1) is 11.8. The van der Waals surface area contributed by atoms with Gasteiger partial charge in [-0.3, -0.25) is 4.79 Å². The summed E-state index contributed by atoms with van der Waals surface area (Å²) >= 11 is 0. The smallest absolute Gasteiger partial charge is 0.226 e. The summed E-state index contributed by atoms with van der Waals surface area (Å²) in [6.45, 7) is 3.86. The minimum absolute atomic E-state index is 0.0814. The molecule has 0 aromatic heterocycles.